The number of methoxy groups -OCH3 is 1. The lowest BCUT2D eigenvalue weighted by Gasteiger charge is -2.07. The number of nitrogens with zero attached hydrogens (tertiary/aromatic N) is 1. The Morgan fingerprint density at radius 3 is 2.57 bits per heavy atom. The summed E-state index contributed by atoms with van der Waals surface area (Å²) in [5.74, 6) is 1.88. The summed E-state index contributed by atoms with van der Waals surface area (Å²) in [6, 6.07) is 12.5. The highest BCUT2D eigenvalue weighted by molar-refractivity contribution is 6.15. The Labute approximate surface area is 132 Å². The van der Waals surface area contributed by atoms with Crippen LogP contribution in [0.25, 0.3) is 10.8 Å². The predicted octanol–water partition coefficient (Wildman–Crippen LogP) is 3.20. The van der Waals surface area contributed by atoms with E-state index in [0.717, 1.165) is 10.8 Å². The molecule has 0 bridgehead atoms. The highest BCUT2D eigenvalue weighted by Gasteiger charge is 2.19. The number of benzene rings is 2. The first-order valence-corrected chi connectivity index (χ1v) is 7.13. The Balaban J connectivity index is 1.82. The standard InChI is InChI=1S/C18H13NO4/c1-21-13-4-2-11(3-5-13)18(20)17-14-9-16-15(22-10-23-16)8-12(14)6-7-19-17/h2-9H,10H2,1H3. The molecule has 2 aromatic carbocycles. The van der Waals surface area contributed by atoms with Crippen LogP contribution in [0.2, 0.25) is 0 Å². The van der Waals surface area contributed by atoms with Crippen LogP contribution in [0.5, 0.6) is 17.2 Å². The molecule has 23 heavy (non-hydrogen) atoms. The molecule has 0 saturated heterocycles. The van der Waals surface area contributed by atoms with Crippen molar-refractivity contribution < 1.29 is 19.0 Å². The van der Waals surface area contributed by atoms with Gasteiger partial charge in [0.2, 0.25) is 12.6 Å². The molecule has 1 aliphatic heterocycles. The number of hydrogen-bond acceptors (Lipinski definition) is 5. The van der Waals surface area contributed by atoms with Crippen LogP contribution < -0.4 is 14.2 Å². The van der Waals surface area contributed by atoms with E-state index in [-0.39, 0.29) is 12.6 Å². The summed E-state index contributed by atoms with van der Waals surface area (Å²) in [7, 11) is 1.59. The van der Waals surface area contributed by atoms with Gasteiger partial charge in [-0.15, -0.1) is 0 Å². The molecular weight excluding hydrogens is 294 g/mol. The normalized spacial score (nSPS) is 12.4. The summed E-state index contributed by atoms with van der Waals surface area (Å²) in [6.45, 7) is 0.195. The van der Waals surface area contributed by atoms with E-state index in [1.165, 1.54) is 0 Å². The molecule has 5 heteroatoms. The largest absolute Gasteiger partial charge is 0.497 e. The molecule has 0 aliphatic carbocycles. The Morgan fingerprint density at radius 2 is 1.83 bits per heavy atom. The molecule has 5 nitrogen and oxygen atoms in total. The van der Waals surface area contributed by atoms with Crippen LogP contribution in [0.1, 0.15) is 16.1 Å². The number of ether oxygens (including phenoxy) is 3. The molecule has 4 rings (SSSR count). The van der Waals surface area contributed by atoms with Crippen molar-refractivity contribution in [2.24, 2.45) is 0 Å². The van der Waals surface area contributed by atoms with E-state index < -0.39 is 0 Å². The number of fused-ring (bicyclic) bond motifs is 2. The first-order valence-electron chi connectivity index (χ1n) is 7.13. The average molecular weight is 307 g/mol. The lowest BCUT2D eigenvalue weighted by atomic mass is 10.0. The number of hydrogen-bond donors (Lipinski definition) is 0. The number of pyridine rings is 1. The number of ketones is 1. The number of carbonyl (C=O) groups excluding carboxylic acids is 1. The molecule has 0 saturated carbocycles. The van der Waals surface area contributed by atoms with E-state index in [1.807, 2.05) is 12.1 Å². The van der Waals surface area contributed by atoms with Crippen LogP contribution >= 0.6 is 0 Å². The maximum atomic E-state index is 12.8. The van der Waals surface area contributed by atoms with E-state index in [2.05, 4.69) is 4.98 Å². The van der Waals surface area contributed by atoms with Gasteiger partial charge in [0.25, 0.3) is 0 Å². The van der Waals surface area contributed by atoms with Gasteiger partial charge in [-0.2, -0.15) is 0 Å². The van der Waals surface area contributed by atoms with Gasteiger partial charge < -0.3 is 14.2 Å². The molecule has 0 atom stereocenters. The zero-order valence-electron chi connectivity index (χ0n) is 12.4. The predicted molar refractivity (Wildman–Crippen MR) is 84.3 cm³/mol. The molecule has 0 unspecified atom stereocenters. The van der Waals surface area contributed by atoms with Crippen LogP contribution in [0.15, 0.2) is 48.7 Å². The zero-order valence-corrected chi connectivity index (χ0v) is 12.4. The first-order chi connectivity index (χ1) is 11.3. The topological polar surface area (TPSA) is 57.7 Å². The van der Waals surface area contributed by atoms with Crippen molar-refractivity contribution >= 4 is 16.6 Å². The van der Waals surface area contributed by atoms with Crippen LogP contribution in [-0.4, -0.2) is 24.7 Å². The second-order valence-corrected chi connectivity index (χ2v) is 5.14. The second-order valence-electron chi connectivity index (χ2n) is 5.14. The lowest BCUT2D eigenvalue weighted by molar-refractivity contribution is 0.103. The second kappa shape index (κ2) is 5.28. The zero-order chi connectivity index (χ0) is 15.8. The summed E-state index contributed by atoms with van der Waals surface area (Å²) in [5, 5.41) is 1.64. The Hall–Kier alpha value is -3.08. The highest BCUT2D eigenvalue weighted by Crippen LogP contribution is 2.37. The molecule has 0 radical (unpaired) electrons. The molecule has 0 amide bonds. The van der Waals surface area contributed by atoms with Crippen LogP contribution in [-0.2, 0) is 0 Å². The fraction of sp³-hybridized carbons (Fsp3) is 0.111. The summed E-state index contributed by atoms with van der Waals surface area (Å²) in [6.07, 6.45) is 1.63. The maximum absolute atomic E-state index is 12.8. The minimum Gasteiger partial charge on any atom is -0.497 e. The smallest absolute Gasteiger partial charge is 0.231 e. The summed E-state index contributed by atoms with van der Waals surface area (Å²) in [4.78, 5) is 17.1. The van der Waals surface area contributed by atoms with Crippen molar-refractivity contribution in [1.29, 1.82) is 0 Å². The Bertz CT molecular complexity index is 903. The van der Waals surface area contributed by atoms with Gasteiger partial charge in [-0.3, -0.25) is 9.78 Å². The summed E-state index contributed by atoms with van der Waals surface area (Å²) < 4.78 is 15.9. The van der Waals surface area contributed by atoms with E-state index in [0.29, 0.717) is 28.5 Å². The summed E-state index contributed by atoms with van der Waals surface area (Å²) in [5.41, 5.74) is 0.953. The van der Waals surface area contributed by atoms with Gasteiger partial charge in [-0.05, 0) is 47.9 Å². The Kier molecular flexibility index (Phi) is 3.12. The van der Waals surface area contributed by atoms with Gasteiger partial charge in [0.05, 0.1) is 7.11 Å². The first kappa shape index (κ1) is 13.6. The van der Waals surface area contributed by atoms with Crippen molar-refractivity contribution in [2.75, 3.05) is 13.9 Å². The molecule has 0 N–H and O–H groups in total. The molecule has 1 aromatic heterocycles. The third-order valence-electron chi connectivity index (χ3n) is 3.82. The van der Waals surface area contributed by atoms with Gasteiger partial charge in [0, 0.05) is 17.1 Å². The van der Waals surface area contributed by atoms with Crippen molar-refractivity contribution in [3.05, 3.63) is 59.9 Å². The third-order valence-corrected chi connectivity index (χ3v) is 3.82. The molecule has 0 spiro atoms. The Morgan fingerprint density at radius 1 is 1.09 bits per heavy atom. The number of carbonyl (C=O) groups is 1. The van der Waals surface area contributed by atoms with Crippen LogP contribution in [0, 0.1) is 0 Å². The van der Waals surface area contributed by atoms with Gasteiger partial charge in [0.15, 0.2) is 11.5 Å². The summed E-state index contributed by atoms with van der Waals surface area (Å²) >= 11 is 0. The fourth-order valence-corrected chi connectivity index (χ4v) is 2.62. The molecular formula is C18H13NO4. The minimum atomic E-state index is -0.142. The maximum Gasteiger partial charge on any atom is 0.231 e. The average Bonchev–Trinajstić information content (AvgIpc) is 3.06. The minimum absolute atomic E-state index is 0.142. The SMILES string of the molecule is COc1ccc(C(=O)c2nccc3cc4c(cc23)OCO4)cc1. The van der Waals surface area contributed by atoms with Gasteiger partial charge in [-0.25, -0.2) is 0 Å². The van der Waals surface area contributed by atoms with Gasteiger partial charge >= 0.3 is 0 Å². The molecule has 0 fully saturated rings. The van der Waals surface area contributed by atoms with E-state index in [9.17, 15) is 4.79 Å². The molecule has 3 aromatic rings. The molecule has 1 aliphatic rings. The molecule has 2 heterocycles. The molecule has 114 valence electrons. The van der Waals surface area contributed by atoms with Crippen molar-refractivity contribution in [3.8, 4) is 17.2 Å². The van der Waals surface area contributed by atoms with Crippen LogP contribution in [0.4, 0.5) is 0 Å². The van der Waals surface area contributed by atoms with E-state index in [1.54, 1.807) is 43.6 Å². The van der Waals surface area contributed by atoms with Crippen molar-refractivity contribution in [2.45, 2.75) is 0 Å². The third kappa shape index (κ3) is 2.26. The quantitative estimate of drug-likeness (QED) is 0.695. The van der Waals surface area contributed by atoms with E-state index in [4.69, 9.17) is 14.2 Å². The number of aromatic nitrogens is 1. The highest BCUT2D eigenvalue weighted by atomic mass is 16.7. The van der Waals surface area contributed by atoms with Gasteiger partial charge in [0.1, 0.15) is 11.4 Å². The number of rotatable bonds is 3. The van der Waals surface area contributed by atoms with E-state index >= 15 is 0 Å². The van der Waals surface area contributed by atoms with Crippen LogP contribution in [0.3, 0.4) is 0 Å². The lowest BCUT2D eigenvalue weighted by Crippen LogP contribution is -2.05. The fourth-order valence-electron chi connectivity index (χ4n) is 2.62. The van der Waals surface area contributed by atoms with Gasteiger partial charge in [-0.1, -0.05) is 0 Å². The monoisotopic (exact) mass is 307 g/mol. The van der Waals surface area contributed by atoms with Crippen molar-refractivity contribution in [1.82, 2.24) is 4.98 Å². The van der Waals surface area contributed by atoms with Crippen molar-refractivity contribution in [3.63, 3.8) is 0 Å².